The second kappa shape index (κ2) is 7.52. The van der Waals surface area contributed by atoms with Gasteiger partial charge in [0, 0.05) is 31.9 Å². The molecule has 0 unspecified atom stereocenters. The zero-order valence-electron chi connectivity index (χ0n) is 15.6. The number of hydrogen-bond acceptors (Lipinski definition) is 5. The molecular formula is C20H23N5OS. The molecule has 0 radical (unpaired) electrons. The Balaban J connectivity index is 1.51. The van der Waals surface area contributed by atoms with Crippen LogP contribution in [0.3, 0.4) is 0 Å². The number of nitrogens with one attached hydrogen (secondary N) is 1. The van der Waals surface area contributed by atoms with E-state index in [9.17, 15) is 4.79 Å². The van der Waals surface area contributed by atoms with Crippen LogP contribution in [0.15, 0.2) is 35.7 Å². The molecule has 1 fully saturated rings. The van der Waals surface area contributed by atoms with E-state index in [1.54, 1.807) is 0 Å². The zero-order chi connectivity index (χ0) is 18.8. The minimum absolute atomic E-state index is 0.179. The molecule has 7 heteroatoms. The van der Waals surface area contributed by atoms with Gasteiger partial charge in [-0.2, -0.15) is 5.10 Å². The van der Waals surface area contributed by atoms with Gasteiger partial charge in [-0.25, -0.2) is 4.98 Å². The first-order valence-electron chi connectivity index (χ1n) is 9.20. The topological polar surface area (TPSA) is 63.1 Å². The SMILES string of the molecule is Cc1c(NC(=O)c2csc(Cc3ccccc3)n2)c(N2CCCC2)nn1C. The van der Waals surface area contributed by atoms with Crippen LogP contribution in [0.5, 0.6) is 0 Å². The Morgan fingerprint density at radius 3 is 2.70 bits per heavy atom. The van der Waals surface area contributed by atoms with Crippen LogP contribution >= 0.6 is 11.3 Å². The standard InChI is InChI=1S/C20H23N5OS/c1-14-18(19(23-24(14)2)25-10-6-7-11-25)22-20(26)16-13-27-17(21-16)12-15-8-4-3-5-9-15/h3-5,8-9,13H,6-7,10-12H2,1-2H3,(H,22,26). The molecule has 3 aromatic rings. The van der Waals surface area contributed by atoms with E-state index in [-0.39, 0.29) is 5.91 Å². The lowest BCUT2D eigenvalue weighted by molar-refractivity contribution is 0.102. The number of amides is 1. The fraction of sp³-hybridized carbons (Fsp3) is 0.350. The number of benzene rings is 1. The third-order valence-corrected chi connectivity index (χ3v) is 5.79. The molecule has 1 aliphatic heterocycles. The van der Waals surface area contributed by atoms with Crippen LogP contribution in [0, 0.1) is 6.92 Å². The Bertz CT molecular complexity index is 941. The van der Waals surface area contributed by atoms with Crippen molar-refractivity contribution >= 4 is 28.7 Å². The Hall–Kier alpha value is -2.67. The number of nitrogens with zero attached hydrogens (tertiary/aromatic N) is 4. The van der Waals surface area contributed by atoms with E-state index < -0.39 is 0 Å². The molecule has 0 bridgehead atoms. The Labute approximate surface area is 162 Å². The van der Waals surface area contributed by atoms with Crippen LogP contribution in [-0.4, -0.2) is 33.8 Å². The summed E-state index contributed by atoms with van der Waals surface area (Å²) in [4.78, 5) is 19.6. The number of anilines is 2. The maximum atomic E-state index is 12.8. The van der Waals surface area contributed by atoms with Crippen molar-refractivity contribution in [3.63, 3.8) is 0 Å². The third-order valence-electron chi connectivity index (χ3n) is 4.94. The molecule has 0 atom stereocenters. The molecule has 1 saturated heterocycles. The molecule has 1 amide bonds. The number of aromatic nitrogens is 3. The summed E-state index contributed by atoms with van der Waals surface area (Å²) >= 11 is 1.52. The van der Waals surface area contributed by atoms with Crippen molar-refractivity contribution in [1.29, 1.82) is 0 Å². The lowest BCUT2D eigenvalue weighted by atomic mass is 10.2. The molecule has 4 rings (SSSR count). The van der Waals surface area contributed by atoms with Crippen LogP contribution in [0.1, 0.15) is 39.6 Å². The van der Waals surface area contributed by atoms with Gasteiger partial charge >= 0.3 is 0 Å². The van der Waals surface area contributed by atoms with Crippen LogP contribution in [0.2, 0.25) is 0 Å². The van der Waals surface area contributed by atoms with Crippen molar-refractivity contribution in [2.24, 2.45) is 7.05 Å². The third kappa shape index (κ3) is 3.73. The molecule has 3 heterocycles. The Morgan fingerprint density at radius 2 is 1.96 bits per heavy atom. The highest BCUT2D eigenvalue weighted by Crippen LogP contribution is 2.31. The smallest absolute Gasteiger partial charge is 0.275 e. The molecular weight excluding hydrogens is 358 g/mol. The van der Waals surface area contributed by atoms with Gasteiger partial charge in [0.1, 0.15) is 11.4 Å². The van der Waals surface area contributed by atoms with Crippen molar-refractivity contribution in [1.82, 2.24) is 14.8 Å². The van der Waals surface area contributed by atoms with Crippen LogP contribution in [-0.2, 0) is 13.5 Å². The molecule has 6 nitrogen and oxygen atoms in total. The normalized spacial score (nSPS) is 13.9. The van der Waals surface area contributed by atoms with Crippen molar-refractivity contribution < 1.29 is 4.79 Å². The molecule has 2 aromatic heterocycles. The van der Waals surface area contributed by atoms with E-state index in [0.717, 1.165) is 54.6 Å². The second-order valence-electron chi connectivity index (χ2n) is 6.84. The highest BCUT2D eigenvalue weighted by atomic mass is 32.1. The first-order chi connectivity index (χ1) is 13.1. The fourth-order valence-corrected chi connectivity index (χ4v) is 4.14. The van der Waals surface area contributed by atoms with E-state index in [0.29, 0.717) is 5.69 Å². The summed E-state index contributed by atoms with van der Waals surface area (Å²) in [7, 11) is 1.91. The highest BCUT2D eigenvalue weighted by molar-refractivity contribution is 7.09. The van der Waals surface area contributed by atoms with Gasteiger partial charge in [-0.3, -0.25) is 9.48 Å². The van der Waals surface area contributed by atoms with Gasteiger partial charge < -0.3 is 10.2 Å². The fourth-order valence-electron chi connectivity index (χ4n) is 3.33. The predicted molar refractivity (Wildman–Crippen MR) is 109 cm³/mol. The van der Waals surface area contributed by atoms with E-state index in [2.05, 4.69) is 32.4 Å². The van der Waals surface area contributed by atoms with Gasteiger partial charge in [-0.1, -0.05) is 30.3 Å². The minimum Gasteiger partial charge on any atom is -0.353 e. The van der Waals surface area contributed by atoms with E-state index in [4.69, 9.17) is 0 Å². The van der Waals surface area contributed by atoms with E-state index >= 15 is 0 Å². The van der Waals surface area contributed by atoms with Gasteiger partial charge in [-0.15, -0.1) is 11.3 Å². The lowest BCUT2D eigenvalue weighted by Gasteiger charge is -2.16. The van der Waals surface area contributed by atoms with E-state index in [1.807, 2.05) is 42.2 Å². The van der Waals surface area contributed by atoms with Gasteiger partial charge in [-0.05, 0) is 25.3 Å². The van der Waals surface area contributed by atoms with Crippen molar-refractivity contribution in [3.8, 4) is 0 Å². The number of thiazole rings is 1. The summed E-state index contributed by atoms with van der Waals surface area (Å²) in [5.41, 5.74) is 3.40. The first-order valence-corrected chi connectivity index (χ1v) is 10.1. The first kappa shape index (κ1) is 17.7. The van der Waals surface area contributed by atoms with Crippen LogP contribution in [0.25, 0.3) is 0 Å². The summed E-state index contributed by atoms with van der Waals surface area (Å²) in [6.45, 7) is 3.94. The van der Waals surface area contributed by atoms with Crippen LogP contribution in [0.4, 0.5) is 11.5 Å². The maximum absolute atomic E-state index is 12.8. The molecule has 1 aliphatic rings. The maximum Gasteiger partial charge on any atom is 0.275 e. The summed E-state index contributed by atoms with van der Waals surface area (Å²) in [6, 6.07) is 10.2. The lowest BCUT2D eigenvalue weighted by Crippen LogP contribution is -2.21. The average molecular weight is 382 g/mol. The summed E-state index contributed by atoms with van der Waals surface area (Å²) in [6.07, 6.45) is 3.07. The van der Waals surface area contributed by atoms with Crippen molar-refractivity contribution in [2.45, 2.75) is 26.2 Å². The van der Waals surface area contributed by atoms with Crippen LogP contribution < -0.4 is 10.2 Å². The van der Waals surface area contributed by atoms with Gasteiger partial charge in [0.2, 0.25) is 0 Å². The van der Waals surface area contributed by atoms with E-state index in [1.165, 1.54) is 16.9 Å². The zero-order valence-corrected chi connectivity index (χ0v) is 16.4. The summed E-state index contributed by atoms with van der Waals surface area (Å²) in [5.74, 6) is 0.683. The number of hydrogen-bond donors (Lipinski definition) is 1. The number of carbonyl (C=O) groups is 1. The summed E-state index contributed by atoms with van der Waals surface area (Å²) in [5, 5.41) is 10.4. The molecule has 1 aromatic carbocycles. The largest absolute Gasteiger partial charge is 0.353 e. The predicted octanol–water partition coefficient (Wildman–Crippen LogP) is 3.63. The quantitative estimate of drug-likeness (QED) is 0.733. The van der Waals surface area contributed by atoms with Gasteiger partial charge in [0.05, 0.1) is 10.7 Å². The molecule has 0 spiro atoms. The molecule has 0 saturated carbocycles. The molecule has 140 valence electrons. The number of carbonyl (C=O) groups excluding carboxylic acids is 1. The second-order valence-corrected chi connectivity index (χ2v) is 7.79. The number of rotatable bonds is 5. The molecule has 0 aliphatic carbocycles. The minimum atomic E-state index is -0.179. The van der Waals surface area contributed by atoms with Crippen molar-refractivity contribution in [2.75, 3.05) is 23.3 Å². The molecule has 1 N–H and O–H groups in total. The average Bonchev–Trinajstić information content (AvgIpc) is 3.40. The summed E-state index contributed by atoms with van der Waals surface area (Å²) < 4.78 is 1.82. The van der Waals surface area contributed by atoms with Gasteiger partial charge in [0.25, 0.3) is 5.91 Å². The van der Waals surface area contributed by atoms with Crippen molar-refractivity contribution in [3.05, 3.63) is 57.7 Å². The Kier molecular flexibility index (Phi) is 4.94. The molecule has 27 heavy (non-hydrogen) atoms. The van der Waals surface area contributed by atoms with Gasteiger partial charge in [0.15, 0.2) is 5.82 Å². The monoisotopic (exact) mass is 381 g/mol. The Morgan fingerprint density at radius 1 is 1.22 bits per heavy atom. The highest BCUT2D eigenvalue weighted by Gasteiger charge is 2.24. The number of aryl methyl sites for hydroxylation is 1.